The van der Waals surface area contributed by atoms with Gasteiger partial charge in [-0.2, -0.15) is 0 Å². The van der Waals surface area contributed by atoms with Crippen molar-refractivity contribution >= 4 is 44.4 Å². The van der Waals surface area contributed by atoms with Crippen molar-refractivity contribution in [1.82, 2.24) is 9.97 Å². The van der Waals surface area contributed by atoms with E-state index in [1.165, 1.54) is 22.2 Å². The van der Waals surface area contributed by atoms with Crippen LogP contribution in [-0.2, 0) is 12.3 Å². The molecule has 0 spiro atoms. The summed E-state index contributed by atoms with van der Waals surface area (Å²) >= 11 is 0. The van der Waals surface area contributed by atoms with Gasteiger partial charge < -0.3 is 0 Å². The molecule has 0 saturated carbocycles. The second kappa shape index (κ2) is 9.85. The van der Waals surface area contributed by atoms with Crippen molar-refractivity contribution in [2.45, 2.75) is 90.3 Å². The Morgan fingerprint density at radius 2 is 1.13 bits per heavy atom. The van der Waals surface area contributed by atoms with E-state index in [1.807, 2.05) is 0 Å². The first-order chi connectivity index (χ1) is 14.5. The van der Waals surface area contributed by atoms with E-state index in [0.717, 1.165) is 46.0 Å². The fraction of sp³-hybridized carbons (Fsp3) is 0.538. The van der Waals surface area contributed by atoms with E-state index < -0.39 is 7.14 Å². The Balaban J connectivity index is 2.06. The second-order valence-corrected chi connectivity index (χ2v) is 19.8. The Morgan fingerprint density at radius 1 is 0.710 bits per heavy atom. The van der Waals surface area contributed by atoms with E-state index in [2.05, 4.69) is 99.4 Å². The fourth-order valence-electron chi connectivity index (χ4n) is 4.65. The molecule has 2 aromatic heterocycles. The summed E-state index contributed by atoms with van der Waals surface area (Å²) in [5.74, 6) is 0. The Bertz CT molecular complexity index is 1030. The van der Waals surface area contributed by atoms with Gasteiger partial charge >= 0.3 is 193 Å². The fourth-order valence-corrected chi connectivity index (χ4v) is 10.2. The Labute approximate surface area is 192 Å². The van der Waals surface area contributed by atoms with Gasteiger partial charge in [0.05, 0.1) is 0 Å². The van der Waals surface area contributed by atoms with Gasteiger partial charge in [-0.05, 0) is 0 Å². The molecule has 3 aromatic rings. The van der Waals surface area contributed by atoms with Gasteiger partial charge in [0.25, 0.3) is 0 Å². The van der Waals surface area contributed by atoms with E-state index in [-0.39, 0.29) is 7.92 Å². The molecular weight excluding hydrogens is 413 g/mol. The monoisotopic (exact) mass is 454 g/mol. The molecule has 1 aromatic carbocycles. The molecule has 0 saturated heterocycles. The van der Waals surface area contributed by atoms with E-state index in [1.54, 1.807) is 0 Å². The molecule has 0 N–H and O–H groups in total. The normalized spacial score (nSPS) is 13.6. The summed E-state index contributed by atoms with van der Waals surface area (Å²) in [4.78, 5) is 10.4. The van der Waals surface area contributed by atoms with E-state index in [0.29, 0.717) is 0 Å². The predicted octanol–water partition coefficient (Wildman–Crippen LogP) is 7.20. The number of pyridine rings is 2. The van der Waals surface area contributed by atoms with Crippen LogP contribution in [0.3, 0.4) is 0 Å². The number of nitrogens with zero attached hydrogens (tertiary/aromatic N) is 2. The van der Waals surface area contributed by atoms with Gasteiger partial charge in [0.1, 0.15) is 0 Å². The molecule has 0 aliphatic heterocycles. The van der Waals surface area contributed by atoms with E-state index >= 15 is 0 Å². The number of benzene rings is 1. The molecule has 168 valence electrons. The molecule has 5 heteroatoms. The average Bonchev–Trinajstić information content (AvgIpc) is 2.70. The zero-order valence-electron chi connectivity index (χ0n) is 21.0. The summed E-state index contributed by atoms with van der Waals surface area (Å²) in [6.45, 7) is 19.0. The molecule has 2 nitrogen and oxygen atoms in total. The minimum absolute atomic E-state index is 0.0703. The molecule has 31 heavy (non-hydrogen) atoms. The summed E-state index contributed by atoms with van der Waals surface area (Å²) in [5.41, 5.74) is 7.57. The van der Waals surface area contributed by atoms with Gasteiger partial charge in [0.2, 0.25) is 0 Å². The molecule has 2 heterocycles. The summed E-state index contributed by atoms with van der Waals surface area (Å²) in [6, 6.07) is 13.4. The van der Waals surface area contributed by atoms with Crippen LogP contribution in [0.25, 0.3) is 21.8 Å². The third kappa shape index (κ3) is 5.31. The van der Waals surface area contributed by atoms with Gasteiger partial charge in [-0.15, -0.1) is 0 Å². The van der Waals surface area contributed by atoms with E-state index in [9.17, 15) is 0 Å². The molecule has 0 radical (unpaired) electrons. The van der Waals surface area contributed by atoms with Crippen molar-refractivity contribution in [2.24, 2.45) is 0 Å². The van der Waals surface area contributed by atoms with Crippen molar-refractivity contribution in [3.8, 4) is 0 Å². The molecule has 0 amide bonds. The molecule has 3 rings (SSSR count). The summed E-state index contributed by atoms with van der Waals surface area (Å²) in [5, 5.41) is 2.40. The van der Waals surface area contributed by atoms with Crippen molar-refractivity contribution in [2.75, 3.05) is 0 Å². The molecule has 0 fully saturated rings. The molecule has 0 aliphatic carbocycles. The minimum atomic E-state index is -1.44. The first-order valence-corrected chi connectivity index (χ1v) is 16.5. The SMILES string of the molecule is B[PH](Cc1ccc2ccc3ccc(CP(C(C)C)C(C)C)nc3c2n1)(C(C)C)C(C)C. The second-order valence-electron chi connectivity index (χ2n) is 10.7. The van der Waals surface area contributed by atoms with Crippen LogP contribution in [0.5, 0.6) is 0 Å². The van der Waals surface area contributed by atoms with E-state index in [4.69, 9.17) is 9.97 Å². The third-order valence-corrected chi connectivity index (χ3v) is 17.2. The van der Waals surface area contributed by atoms with Crippen LogP contribution >= 0.6 is 15.1 Å². The molecule has 0 unspecified atom stereocenters. The van der Waals surface area contributed by atoms with Crippen molar-refractivity contribution < 1.29 is 0 Å². The van der Waals surface area contributed by atoms with Crippen molar-refractivity contribution in [3.05, 3.63) is 47.8 Å². The average molecular weight is 454 g/mol. The zero-order valence-corrected chi connectivity index (χ0v) is 22.9. The Kier molecular flexibility index (Phi) is 7.81. The van der Waals surface area contributed by atoms with Crippen molar-refractivity contribution in [1.29, 1.82) is 0 Å². The Hall–Kier alpha value is -1.04. The predicted molar refractivity (Wildman–Crippen MR) is 149 cm³/mol. The third-order valence-electron chi connectivity index (χ3n) is 7.51. The van der Waals surface area contributed by atoms with Crippen LogP contribution in [0.4, 0.5) is 0 Å². The molecular formula is C26H41BN2P2. The molecule has 0 bridgehead atoms. The summed E-state index contributed by atoms with van der Waals surface area (Å²) < 4.78 is 0. The van der Waals surface area contributed by atoms with Crippen LogP contribution in [0.1, 0.15) is 66.8 Å². The topological polar surface area (TPSA) is 25.8 Å². The van der Waals surface area contributed by atoms with Gasteiger partial charge in [-0.3, -0.25) is 0 Å². The van der Waals surface area contributed by atoms with Crippen molar-refractivity contribution in [3.63, 3.8) is 0 Å². The molecule has 0 atom stereocenters. The van der Waals surface area contributed by atoms with Crippen LogP contribution in [-0.4, -0.2) is 40.2 Å². The maximum atomic E-state index is 5.22. The van der Waals surface area contributed by atoms with Gasteiger partial charge in [-0.25, -0.2) is 0 Å². The van der Waals surface area contributed by atoms with Crippen LogP contribution in [0.2, 0.25) is 0 Å². The Morgan fingerprint density at radius 3 is 1.58 bits per heavy atom. The summed E-state index contributed by atoms with van der Waals surface area (Å²) in [7, 11) is 1.04. The molecule has 0 aliphatic rings. The van der Waals surface area contributed by atoms with Gasteiger partial charge in [0, 0.05) is 0 Å². The number of fused-ring (bicyclic) bond motifs is 3. The van der Waals surface area contributed by atoms with Crippen LogP contribution in [0, 0.1) is 0 Å². The summed E-state index contributed by atoms with van der Waals surface area (Å²) in [6.07, 6.45) is 2.24. The maximum absolute atomic E-state index is 5.22. The standard InChI is InChI=1S/C26H41BN2P2/c1-17(2)30(18(3)4)15-23-13-11-21-9-10-22-12-14-24(29-26(22)25(21)28-23)16-31(27,19(5)6)20(7)8/h9-14,17-20,31H,15-16,27H2,1-8H3. The van der Waals surface area contributed by atoms with Gasteiger partial charge in [-0.1, -0.05) is 0 Å². The first-order valence-electron chi connectivity index (χ1n) is 12.0. The number of hydrogen-bond donors (Lipinski definition) is 0. The van der Waals surface area contributed by atoms with Crippen LogP contribution in [0.15, 0.2) is 36.4 Å². The van der Waals surface area contributed by atoms with Gasteiger partial charge in [0.15, 0.2) is 0 Å². The number of rotatable bonds is 8. The number of aromatic nitrogens is 2. The number of hydrogen-bond acceptors (Lipinski definition) is 2. The quantitative estimate of drug-likeness (QED) is 0.204. The van der Waals surface area contributed by atoms with Crippen LogP contribution < -0.4 is 0 Å². The zero-order chi connectivity index (χ0) is 22.9. The first kappa shape index (κ1) is 24.6.